The smallest absolute Gasteiger partial charge is 0.261 e. The number of nitriles is 1. The van der Waals surface area contributed by atoms with Crippen molar-refractivity contribution in [3.63, 3.8) is 0 Å². The minimum absolute atomic E-state index is 0.155. The summed E-state index contributed by atoms with van der Waals surface area (Å²) in [7, 11) is 0. The molecule has 1 saturated heterocycles. The Kier molecular flexibility index (Phi) is 5.36. The topological polar surface area (TPSA) is 61.9 Å². The molecule has 0 amide bonds. The molecule has 4 rings (SSSR count). The van der Waals surface area contributed by atoms with Crippen LogP contribution in [0, 0.1) is 28.9 Å². The molecule has 0 bridgehead atoms. The zero-order chi connectivity index (χ0) is 20.4. The lowest BCUT2D eigenvalue weighted by Crippen LogP contribution is -2.36. The molecule has 5 nitrogen and oxygen atoms in total. The van der Waals surface area contributed by atoms with E-state index in [0.717, 1.165) is 25.9 Å². The van der Waals surface area contributed by atoms with Gasteiger partial charge in [0.2, 0.25) is 0 Å². The maximum Gasteiger partial charge on any atom is 0.261 e. The minimum Gasteiger partial charge on any atom is -0.299 e. The normalized spacial score (nSPS) is 15.5. The molecule has 0 radical (unpaired) electrons. The van der Waals surface area contributed by atoms with Gasteiger partial charge in [-0.3, -0.25) is 14.3 Å². The van der Waals surface area contributed by atoms with Crippen LogP contribution >= 0.6 is 0 Å². The molecule has 1 aliphatic rings. The van der Waals surface area contributed by atoms with Gasteiger partial charge in [-0.05, 0) is 56.1 Å². The molecule has 29 heavy (non-hydrogen) atoms. The van der Waals surface area contributed by atoms with Crippen LogP contribution in [-0.4, -0.2) is 27.5 Å². The van der Waals surface area contributed by atoms with Crippen molar-refractivity contribution in [2.24, 2.45) is 5.92 Å². The quantitative estimate of drug-likeness (QED) is 0.680. The lowest BCUT2D eigenvalue weighted by Gasteiger charge is -2.32. The van der Waals surface area contributed by atoms with Crippen molar-refractivity contribution in [2.45, 2.75) is 25.9 Å². The SMILES string of the molecule is N#Cc1ccc(CN2CCC(Cn3cnc4cc(F)ccc4c3=O)CC2)c(F)c1. The van der Waals surface area contributed by atoms with Gasteiger partial charge in [-0.15, -0.1) is 0 Å². The summed E-state index contributed by atoms with van der Waals surface area (Å²) in [5.41, 5.74) is 1.12. The van der Waals surface area contributed by atoms with Crippen LogP contribution in [0.25, 0.3) is 10.9 Å². The highest BCUT2D eigenvalue weighted by Crippen LogP contribution is 2.22. The first-order valence-corrected chi connectivity index (χ1v) is 9.59. The molecule has 3 aromatic rings. The summed E-state index contributed by atoms with van der Waals surface area (Å²) in [4.78, 5) is 19.0. The average Bonchev–Trinajstić information content (AvgIpc) is 2.73. The molecule has 1 aliphatic heterocycles. The summed E-state index contributed by atoms with van der Waals surface area (Å²) in [5.74, 6) is -0.431. The molecule has 2 aromatic carbocycles. The molecule has 148 valence electrons. The van der Waals surface area contributed by atoms with Crippen LogP contribution in [0.4, 0.5) is 8.78 Å². The molecule has 1 fully saturated rings. The van der Waals surface area contributed by atoms with Gasteiger partial charge >= 0.3 is 0 Å². The van der Waals surface area contributed by atoms with E-state index in [2.05, 4.69) is 9.88 Å². The second-order valence-corrected chi connectivity index (χ2v) is 7.50. The van der Waals surface area contributed by atoms with Crippen molar-refractivity contribution in [3.8, 4) is 6.07 Å². The summed E-state index contributed by atoms with van der Waals surface area (Å²) < 4.78 is 29.0. The maximum atomic E-state index is 14.1. The number of aromatic nitrogens is 2. The van der Waals surface area contributed by atoms with Crippen LogP contribution in [0.15, 0.2) is 47.5 Å². The Labute approximate surface area is 166 Å². The van der Waals surface area contributed by atoms with Gasteiger partial charge < -0.3 is 0 Å². The van der Waals surface area contributed by atoms with Gasteiger partial charge in [-0.25, -0.2) is 13.8 Å². The Morgan fingerprint density at radius 3 is 2.66 bits per heavy atom. The molecule has 0 unspecified atom stereocenters. The van der Waals surface area contributed by atoms with E-state index in [9.17, 15) is 13.6 Å². The average molecular weight is 394 g/mol. The predicted molar refractivity (Wildman–Crippen MR) is 105 cm³/mol. The third-order valence-electron chi connectivity index (χ3n) is 5.53. The van der Waals surface area contributed by atoms with Crippen molar-refractivity contribution in [2.75, 3.05) is 13.1 Å². The van der Waals surface area contributed by atoms with Gasteiger partial charge in [-0.1, -0.05) is 6.07 Å². The zero-order valence-corrected chi connectivity index (χ0v) is 15.8. The molecule has 0 aliphatic carbocycles. The highest BCUT2D eigenvalue weighted by atomic mass is 19.1. The minimum atomic E-state index is -0.409. The number of nitrogens with zero attached hydrogens (tertiary/aromatic N) is 4. The number of hydrogen-bond donors (Lipinski definition) is 0. The summed E-state index contributed by atoms with van der Waals surface area (Å²) in [6.45, 7) is 2.70. The monoisotopic (exact) mass is 394 g/mol. The number of piperidine rings is 1. The van der Waals surface area contributed by atoms with E-state index in [4.69, 9.17) is 5.26 Å². The van der Waals surface area contributed by atoms with Crippen molar-refractivity contribution < 1.29 is 8.78 Å². The van der Waals surface area contributed by atoms with E-state index < -0.39 is 5.82 Å². The Morgan fingerprint density at radius 1 is 1.14 bits per heavy atom. The van der Waals surface area contributed by atoms with Crippen LogP contribution in [0.2, 0.25) is 0 Å². The van der Waals surface area contributed by atoms with E-state index in [1.54, 1.807) is 16.7 Å². The summed E-state index contributed by atoms with van der Waals surface area (Å²) in [6.07, 6.45) is 3.28. The van der Waals surface area contributed by atoms with Crippen LogP contribution < -0.4 is 5.56 Å². The molecule has 0 N–H and O–H groups in total. The number of benzene rings is 2. The molecular formula is C22H20F2N4O. The summed E-state index contributed by atoms with van der Waals surface area (Å²) >= 11 is 0. The number of rotatable bonds is 4. The van der Waals surface area contributed by atoms with Gasteiger partial charge in [0, 0.05) is 24.7 Å². The van der Waals surface area contributed by atoms with Gasteiger partial charge in [0.15, 0.2) is 0 Å². The Balaban J connectivity index is 1.39. The van der Waals surface area contributed by atoms with E-state index in [1.807, 2.05) is 6.07 Å². The number of likely N-dealkylation sites (tertiary alicyclic amines) is 1. The van der Waals surface area contributed by atoms with Gasteiger partial charge in [0.05, 0.1) is 28.9 Å². The number of fused-ring (bicyclic) bond motifs is 1. The fraction of sp³-hybridized carbons (Fsp3) is 0.318. The maximum absolute atomic E-state index is 14.1. The third-order valence-corrected chi connectivity index (χ3v) is 5.53. The van der Waals surface area contributed by atoms with E-state index in [1.165, 1.54) is 30.6 Å². The first-order chi connectivity index (χ1) is 14.0. The first-order valence-electron chi connectivity index (χ1n) is 9.59. The fourth-order valence-electron chi connectivity index (χ4n) is 3.85. The van der Waals surface area contributed by atoms with E-state index >= 15 is 0 Å². The molecule has 0 atom stereocenters. The third kappa shape index (κ3) is 4.17. The predicted octanol–water partition coefficient (Wildman–Crippen LogP) is 3.46. The second kappa shape index (κ2) is 8.10. The van der Waals surface area contributed by atoms with Crippen LogP contribution in [0.1, 0.15) is 24.0 Å². The fourth-order valence-corrected chi connectivity index (χ4v) is 3.85. The van der Waals surface area contributed by atoms with E-state index in [-0.39, 0.29) is 11.4 Å². The van der Waals surface area contributed by atoms with Crippen molar-refractivity contribution in [1.29, 1.82) is 5.26 Å². The lowest BCUT2D eigenvalue weighted by molar-refractivity contribution is 0.165. The molecular weight excluding hydrogens is 374 g/mol. The van der Waals surface area contributed by atoms with Crippen molar-refractivity contribution >= 4 is 10.9 Å². The summed E-state index contributed by atoms with van der Waals surface area (Å²) in [5, 5.41) is 9.26. The van der Waals surface area contributed by atoms with Gasteiger partial charge in [0.1, 0.15) is 11.6 Å². The summed E-state index contributed by atoms with van der Waals surface area (Å²) in [6, 6.07) is 10.5. The molecule has 7 heteroatoms. The molecule has 0 spiro atoms. The Morgan fingerprint density at radius 2 is 1.93 bits per heavy atom. The van der Waals surface area contributed by atoms with Crippen LogP contribution in [0.3, 0.4) is 0 Å². The second-order valence-electron chi connectivity index (χ2n) is 7.50. The standard InChI is InChI=1S/C22H20F2N4O/c23-18-3-4-19-21(10-18)26-14-28(22(19)29)12-15-5-7-27(8-6-15)13-17-2-1-16(11-25)9-20(17)24/h1-4,9-10,14-15H,5-8,12-13H2. The Hall–Kier alpha value is -3.11. The van der Waals surface area contributed by atoms with Crippen molar-refractivity contribution in [1.82, 2.24) is 14.5 Å². The molecule has 2 heterocycles. The number of halogens is 2. The van der Waals surface area contributed by atoms with Gasteiger partial charge in [-0.2, -0.15) is 5.26 Å². The Bertz CT molecular complexity index is 1140. The number of hydrogen-bond acceptors (Lipinski definition) is 4. The molecule has 0 saturated carbocycles. The largest absolute Gasteiger partial charge is 0.299 e. The van der Waals surface area contributed by atoms with Crippen LogP contribution in [0.5, 0.6) is 0 Å². The highest BCUT2D eigenvalue weighted by molar-refractivity contribution is 5.77. The van der Waals surface area contributed by atoms with E-state index in [0.29, 0.717) is 41.0 Å². The van der Waals surface area contributed by atoms with Crippen LogP contribution in [-0.2, 0) is 13.1 Å². The highest BCUT2D eigenvalue weighted by Gasteiger charge is 2.21. The van der Waals surface area contributed by atoms with Gasteiger partial charge in [0.25, 0.3) is 5.56 Å². The zero-order valence-electron chi connectivity index (χ0n) is 15.8. The van der Waals surface area contributed by atoms with Crippen molar-refractivity contribution in [3.05, 3.63) is 75.8 Å². The molecule has 1 aromatic heterocycles. The lowest BCUT2D eigenvalue weighted by atomic mass is 9.96. The first kappa shape index (κ1) is 19.2.